The lowest BCUT2D eigenvalue weighted by atomic mass is 9.67. The molecule has 0 spiro atoms. The van der Waals surface area contributed by atoms with Crippen LogP contribution in [0.15, 0.2) is 182 Å². The van der Waals surface area contributed by atoms with Gasteiger partial charge in [-0.3, -0.25) is 4.40 Å². The van der Waals surface area contributed by atoms with Crippen molar-refractivity contribution in [3.05, 3.63) is 204 Å². The van der Waals surface area contributed by atoms with E-state index in [1.807, 2.05) is 18.2 Å². The molecule has 0 saturated carbocycles. The molecule has 4 heteroatoms. The molecular formula is C50H30N2O2. The van der Waals surface area contributed by atoms with E-state index in [0.717, 1.165) is 44.3 Å². The highest BCUT2D eigenvalue weighted by Gasteiger charge is 2.47. The van der Waals surface area contributed by atoms with Crippen molar-refractivity contribution in [2.75, 3.05) is 0 Å². The summed E-state index contributed by atoms with van der Waals surface area (Å²) in [5, 5.41) is 3.44. The smallest absolute Gasteiger partial charge is 0.177 e. The highest BCUT2D eigenvalue weighted by Crippen LogP contribution is 2.60. The predicted molar refractivity (Wildman–Crippen MR) is 217 cm³/mol. The number of aromatic nitrogens is 2. The van der Waals surface area contributed by atoms with Gasteiger partial charge < -0.3 is 9.47 Å². The van der Waals surface area contributed by atoms with Crippen molar-refractivity contribution >= 4 is 38.4 Å². The van der Waals surface area contributed by atoms with Crippen molar-refractivity contribution in [2.24, 2.45) is 0 Å². The lowest BCUT2D eigenvalue weighted by Crippen LogP contribution is -2.28. The van der Waals surface area contributed by atoms with Gasteiger partial charge in [-0.1, -0.05) is 140 Å². The Kier molecular flexibility index (Phi) is 5.95. The van der Waals surface area contributed by atoms with Crippen LogP contribution in [0, 0.1) is 0 Å². The Morgan fingerprint density at radius 1 is 0.426 bits per heavy atom. The maximum atomic E-state index is 6.95. The van der Waals surface area contributed by atoms with Crippen LogP contribution in [-0.2, 0) is 5.41 Å². The molecule has 2 aromatic heterocycles. The van der Waals surface area contributed by atoms with Crippen molar-refractivity contribution in [3.8, 4) is 45.3 Å². The highest BCUT2D eigenvalue weighted by molar-refractivity contribution is 6.14. The Morgan fingerprint density at radius 3 is 1.94 bits per heavy atom. The molecule has 0 N–H and O–H groups in total. The summed E-state index contributed by atoms with van der Waals surface area (Å²) >= 11 is 0. The van der Waals surface area contributed by atoms with Gasteiger partial charge in [-0.2, -0.15) is 0 Å². The minimum Gasteiger partial charge on any atom is -0.449 e. The van der Waals surface area contributed by atoms with Crippen LogP contribution in [0.1, 0.15) is 22.3 Å². The average molecular weight is 691 g/mol. The summed E-state index contributed by atoms with van der Waals surface area (Å²) in [4.78, 5) is 5.16. The first-order valence-corrected chi connectivity index (χ1v) is 18.4. The van der Waals surface area contributed by atoms with Gasteiger partial charge in [0.25, 0.3) is 0 Å². The standard InChI is InChI=1S/C50H30N2O2/c1-3-14-32(15-4-1)50(33-16-5-2-6-17-33)40-21-9-7-18-36(40)38-29-46-47(30-41(38)50)53-45-25-13-20-34(48(45)54-46)31-26-27-35-37-19-8-11-23-43(37)52-44-24-12-10-22-42(44)51-49(52)39(35)28-31/h1-30H. The zero-order valence-electron chi connectivity index (χ0n) is 29.0. The molecule has 0 radical (unpaired) electrons. The van der Waals surface area contributed by atoms with E-state index in [9.17, 15) is 0 Å². The molecule has 0 fully saturated rings. The normalized spacial score (nSPS) is 13.6. The molecule has 0 saturated heterocycles. The van der Waals surface area contributed by atoms with Gasteiger partial charge in [0.1, 0.15) is 5.65 Å². The Bertz CT molecular complexity index is 3120. The molecule has 1 aliphatic heterocycles. The second-order valence-corrected chi connectivity index (χ2v) is 14.2. The quantitative estimate of drug-likeness (QED) is 0.173. The first-order valence-electron chi connectivity index (χ1n) is 18.4. The predicted octanol–water partition coefficient (Wildman–Crippen LogP) is 12.7. The van der Waals surface area contributed by atoms with Crippen LogP contribution in [0.25, 0.3) is 60.6 Å². The average Bonchev–Trinajstić information content (AvgIpc) is 3.77. The van der Waals surface area contributed by atoms with E-state index in [2.05, 4.69) is 168 Å². The number of rotatable bonds is 3. The maximum Gasteiger partial charge on any atom is 0.177 e. The molecule has 252 valence electrons. The molecule has 0 atom stereocenters. The molecule has 3 heterocycles. The molecule has 0 bridgehead atoms. The van der Waals surface area contributed by atoms with E-state index in [0.29, 0.717) is 23.0 Å². The topological polar surface area (TPSA) is 35.8 Å². The summed E-state index contributed by atoms with van der Waals surface area (Å²) in [6.45, 7) is 0. The van der Waals surface area contributed by atoms with Gasteiger partial charge >= 0.3 is 0 Å². The molecule has 10 aromatic rings. The van der Waals surface area contributed by atoms with E-state index >= 15 is 0 Å². The van der Waals surface area contributed by atoms with Crippen LogP contribution in [0.4, 0.5) is 0 Å². The van der Waals surface area contributed by atoms with Gasteiger partial charge in [-0.25, -0.2) is 4.98 Å². The SMILES string of the molecule is c1ccc(C2(c3ccccc3)c3ccccc3-c3cc4c(cc32)Oc2cccc(-c3ccc5c6ccccc6n6c7ccccc7nc6c5c3)c2O4)cc1. The summed E-state index contributed by atoms with van der Waals surface area (Å²) < 4.78 is 16.1. The number of nitrogens with zero attached hydrogens (tertiary/aromatic N) is 2. The Balaban J connectivity index is 1.05. The van der Waals surface area contributed by atoms with Crippen molar-refractivity contribution in [1.29, 1.82) is 0 Å². The lowest BCUT2D eigenvalue weighted by molar-refractivity contribution is 0.360. The molecule has 0 amide bonds. The van der Waals surface area contributed by atoms with Crippen molar-refractivity contribution in [2.45, 2.75) is 5.41 Å². The Morgan fingerprint density at radius 2 is 1.11 bits per heavy atom. The number of benzene rings is 8. The van der Waals surface area contributed by atoms with Gasteiger partial charge in [0, 0.05) is 16.3 Å². The molecule has 12 rings (SSSR count). The molecule has 1 aliphatic carbocycles. The second-order valence-electron chi connectivity index (χ2n) is 14.2. The van der Waals surface area contributed by atoms with Crippen LogP contribution < -0.4 is 9.47 Å². The third kappa shape index (κ3) is 3.89. The lowest BCUT2D eigenvalue weighted by Gasteiger charge is -2.34. The molecule has 4 nitrogen and oxygen atoms in total. The summed E-state index contributed by atoms with van der Waals surface area (Å²) in [5.41, 5.74) is 12.8. The third-order valence-corrected chi connectivity index (χ3v) is 11.5. The van der Waals surface area contributed by atoms with Gasteiger partial charge in [0.05, 0.1) is 22.0 Å². The van der Waals surface area contributed by atoms with E-state index in [4.69, 9.17) is 14.5 Å². The minimum atomic E-state index is -0.521. The molecule has 2 aliphatic rings. The first-order chi connectivity index (χ1) is 26.8. The number of hydrogen-bond donors (Lipinski definition) is 0. The third-order valence-electron chi connectivity index (χ3n) is 11.5. The summed E-state index contributed by atoms with van der Waals surface area (Å²) in [6.07, 6.45) is 0. The van der Waals surface area contributed by atoms with E-state index in [1.165, 1.54) is 38.6 Å². The molecular weight excluding hydrogens is 661 g/mol. The van der Waals surface area contributed by atoms with E-state index in [-0.39, 0.29) is 0 Å². The minimum absolute atomic E-state index is 0.521. The fraction of sp³-hybridized carbons (Fsp3) is 0.0200. The maximum absolute atomic E-state index is 6.95. The van der Waals surface area contributed by atoms with Crippen molar-refractivity contribution in [1.82, 2.24) is 9.38 Å². The number of ether oxygens (including phenoxy) is 2. The monoisotopic (exact) mass is 690 g/mol. The molecule has 54 heavy (non-hydrogen) atoms. The van der Waals surface area contributed by atoms with Crippen LogP contribution in [-0.4, -0.2) is 9.38 Å². The van der Waals surface area contributed by atoms with E-state index < -0.39 is 5.41 Å². The van der Waals surface area contributed by atoms with E-state index in [1.54, 1.807) is 0 Å². The fourth-order valence-corrected chi connectivity index (χ4v) is 9.24. The van der Waals surface area contributed by atoms with Crippen LogP contribution in [0.3, 0.4) is 0 Å². The van der Waals surface area contributed by atoms with Gasteiger partial charge in [-0.15, -0.1) is 0 Å². The number of pyridine rings is 1. The zero-order chi connectivity index (χ0) is 35.4. The number of hydrogen-bond acceptors (Lipinski definition) is 3. The molecule has 0 unspecified atom stereocenters. The Labute approximate surface area is 311 Å². The zero-order valence-corrected chi connectivity index (χ0v) is 29.0. The fourth-order valence-electron chi connectivity index (χ4n) is 9.24. The van der Waals surface area contributed by atoms with Crippen LogP contribution >= 0.6 is 0 Å². The Hall–Kier alpha value is -7.17. The van der Waals surface area contributed by atoms with Crippen LogP contribution in [0.2, 0.25) is 0 Å². The summed E-state index contributed by atoms with van der Waals surface area (Å²) in [7, 11) is 0. The van der Waals surface area contributed by atoms with Crippen LogP contribution in [0.5, 0.6) is 23.0 Å². The van der Waals surface area contributed by atoms with Crippen molar-refractivity contribution < 1.29 is 9.47 Å². The summed E-state index contributed by atoms with van der Waals surface area (Å²) in [6, 6.07) is 64.6. The largest absolute Gasteiger partial charge is 0.449 e. The second kappa shape index (κ2) is 10.9. The van der Waals surface area contributed by atoms with Gasteiger partial charge in [0.15, 0.2) is 23.0 Å². The highest BCUT2D eigenvalue weighted by atomic mass is 16.6. The number of imidazole rings is 1. The number of para-hydroxylation sites is 4. The van der Waals surface area contributed by atoms with Crippen molar-refractivity contribution in [3.63, 3.8) is 0 Å². The number of fused-ring (bicyclic) bond motifs is 13. The van der Waals surface area contributed by atoms with Gasteiger partial charge in [-0.05, 0) is 86.8 Å². The first kappa shape index (κ1) is 29.4. The summed E-state index contributed by atoms with van der Waals surface area (Å²) in [5.74, 6) is 2.81. The van der Waals surface area contributed by atoms with Gasteiger partial charge in [0.2, 0.25) is 0 Å². The molecule has 8 aromatic carbocycles.